The first-order chi connectivity index (χ1) is 10.9. The third-order valence-electron chi connectivity index (χ3n) is 7.06. The standard InChI is InChI=1S/C21H30ClN/c1-14(2)23-15(3)20-9-16-8-17(10-20)12-21(11-16,13-20)18-4-6-19(22)7-5-18/h4-7,14-17,23H,8-13H2,1-3H3/t15-,16-,17+,20?,21?/m0/s1. The van der Waals surface area contributed by atoms with Gasteiger partial charge in [0.2, 0.25) is 0 Å². The molecule has 4 aliphatic rings. The topological polar surface area (TPSA) is 12.0 Å². The first-order valence-electron chi connectivity index (χ1n) is 9.43. The molecule has 1 aromatic carbocycles. The molecule has 1 nitrogen and oxygen atoms in total. The molecular weight excluding hydrogens is 302 g/mol. The predicted octanol–water partition coefficient (Wildman–Crippen LogP) is 5.56. The third kappa shape index (κ3) is 2.65. The molecule has 0 heterocycles. The molecule has 1 N–H and O–H groups in total. The molecule has 4 fully saturated rings. The van der Waals surface area contributed by atoms with E-state index < -0.39 is 0 Å². The lowest BCUT2D eigenvalue weighted by Gasteiger charge is -2.64. The summed E-state index contributed by atoms with van der Waals surface area (Å²) >= 11 is 6.14. The van der Waals surface area contributed by atoms with Crippen molar-refractivity contribution in [2.75, 3.05) is 0 Å². The lowest BCUT2D eigenvalue weighted by Crippen LogP contribution is -2.60. The van der Waals surface area contributed by atoms with Crippen molar-refractivity contribution < 1.29 is 0 Å². The van der Waals surface area contributed by atoms with Crippen LogP contribution >= 0.6 is 11.6 Å². The zero-order valence-electron chi connectivity index (χ0n) is 14.7. The van der Waals surface area contributed by atoms with Gasteiger partial charge in [0.15, 0.2) is 0 Å². The maximum absolute atomic E-state index is 6.14. The highest BCUT2D eigenvalue weighted by Gasteiger charge is 2.59. The molecular formula is C21H30ClN. The van der Waals surface area contributed by atoms with E-state index in [1.807, 2.05) is 0 Å². The monoisotopic (exact) mass is 331 g/mol. The van der Waals surface area contributed by atoms with Gasteiger partial charge in [-0.1, -0.05) is 37.6 Å². The third-order valence-corrected chi connectivity index (χ3v) is 7.32. The molecule has 1 aromatic rings. The Balaban J connectivity index is 1.69. The Bertz CT molecular complexity index is 562. The van der Waals surface area contributed by atoms with E-state index in [2.05, 4.69) is 50.4 Å². The molecule has 126 valence electrons. The highest BCUT2D eigenvalue weighted by Crippen LogP contribution is 2.66. The van der Waals surface area contributed by atoms with Crippen LogP contribution in [-0.4, -0.2) is 12.1 Å². The van der Waals surface area contributed by atoms with Gasteiger partial charge in [0.1, 0.15) is 0 Å². The molecule has 4 aliphatic carbocycles. The van der Waals surface area contributed by atoms with E-state index in [9.17, 15) is 0 Å². The summed E-state index contributed by atoms with van der Waals surface area (Å²) < 4.78 is 0. The van der Waals surface area contributed by atoms with Gasteiger partial charge in [-0.15, -0.1) is 0 Å². The highest BCUT2D eigenvalue weighted by molar-refractivity contribution is 6.30. The molecule has 4 saturated carbocycles. The van der Waals surface area contributed by atoms with Gasteiger partial charge in [0.05, 0.1) is 0 Å². The van der Waals surface area contributed by atoms with Crippen molar-refractivity contribution >= 4 is 11.6 Å². The van der Waals surface area contributed by atoms with E-state index in [4.69, 9.17) is 11.6 Å². The van der Waals surface area contributed by atoms with Crippen molar-refractivity contribution in [2.45, 2.75) is 76.8 Å². The minimum absolute atomic E-state index is 0.418. The van der Waals surface area contributed by atoms with Gasteiger partial charge in [-0.2, -0.15) is 0 Å². The number of hydrogen-bond donors (Lipinski definition) is 1. The average Bonchev–Trinajstić information content (AvgIpc) is 2.45. The number of hydrogen-bond acceptors (Lipinski definition) is 1. The van der Waals surface area contributed by atoms with Crippen molar-refractivity contribution in [1.82, 2.24) is 5.32 Å². The Morgan fingerprint density at radius 1 is 1.00 bits per heavy atom. The number of rotatable bonds is 4. The van der Waals surface area contributed by atoms with Crippen LogP contribution in [0, 0.1) is 17.3 Å². The van der Waals surface area contributed by atoms with Crippen LogP contribution in [0.2, 0.25) is 5.02 Å². The molecule has 2 heteroatoms. The zero-order valence-corrected chi connectivity index (χ0v) is 15.5. The summed E-state index contributed by atoms with van der Waals surface area (Å²) in [7, 11) is 0. The first kappa shape index (κ1) is 16.0. The van der Waals surface area contributed by atoms with Crippen molar-refractivity contribution in [3.05, 3.63) is 34.9 Å². The van der Waals surface area contributed by atoms with Crippen LogP contribution in [0.5, 0.6) is 0 Å². The number of benzene rings is 1. The van der Waals surface area contributed by atoms with E-state index in [-0.39, 0.29) is 0 Å². The molecule has 5 rings (SSSR count). The van der Waals surface area contributed by atoms with Crippen LogP contribution < -0.4 is 5.32 Å². The SMILES string of the molecule is CC(C)N[C@@H](C)C12C[C@@H]3C[C@@H](CC(c4ccc(Cl)cc4)(C3)C1)C2. The summed E-state index contributed by atoms with van der Waals surface area (Å²) in [6.45, 7) is 7.01. The molecule has 5 atom stereocenters. The quantitative estimate of drug-likeness (QED) is 0.761. The minimum Gasteiger partial charge on any atom is -0.312 e. The normalized spacial score (nSPS) is 39.9. The average molecular weight is 332 g/mol. The fourth-order valence-corrected chi connectivity index (χ4v) is 6.78. The van der Waals surface area contributed by atoms with Gasteiger partial charge in [0.25, 0.3) is 0 Å². The van der Waals surface area contributed by atoms with Crippen LogP contribution in [0.4, 0.5) is 0 Å². The summed E-state index contributed by atoms with van der Waals surface area (Å²) in [4.78, 5) is 0. The Hall–Kier alpha value is -0.530. The van der Waals surface area contributed by atoms with Gasteiger partial charge in [0, 0.05) is 17.1 Å². The lowest BCUT2D eigenvalue weighted by molar-refractivity contribution is -0.0891. The van der Waals surface area contributed by atoms with Crippen LogP contribution in [-0.2, 0) is 5.41 Å². The Morgan fingerprint density at radius 3 is 2.17 bits per heavy atom. The van der Waals surface area contributed by atoms with E-state index in [0.29, 0.717) is 22.9 Å². The molecule has 4 bridgehead atoms. The van der Waals surface area contributed by atoms with Crippen molar-refractivity contribution in [3.8, 4) is 0 Å². The highest BCUT2D eigenvalue weighted by atomic mass is 35.5. The zero-order chi connectivity index (χ0) is 16.2. The Kier molecular flexibility index (Phi) is 3.81. The maximum Gasteiger partial charge on any atom is 0.0406 e. The van der Waals surface area contributed by atoms with Gasteiger partial charge >= 0.3 is 0 Å². The second-order valence-electron chi connectivity index (χ2n) is 9.15. The molecule has 0 aromatic heterocycles. The van der Waals surface area contributed by atoms with E-state index >= 15 is 0 Å². The number of nitrogens with one attached hydrogen (secondary N) is 1. The van der Waals surface area contributed by atoms with Gasteiger partial charge < -0.3 is 5.32 Å². The largest absolute Gasteiger partial charge is 0.312 e. The summed E-state index contributed by atoms with van der Waals surface area (Å²) in [6, 6.07) is 10.0. The molecule has 0 amide bonds. The molecule has 0 spiro atoms. The van der Waals surface area contributed by atoms with Gasteiger partial charge in [-0.25, -0.2) is 0 Å². The second kappa shape index (κ2) is 5.49. The minimum atomic E-state index is 0.418. The fraction of sp³-hybridized carbons (Fsp3) is 0.714. The summed E-state index contributed by atoms with van der Waals surface area (Å²) in [5, 5.41) is 4.72. The maximum atomic E-state index is 6.14. The molecule has 23 heavy (non-hydrogen) atoms. The van der Waals surface area contributed by atoms with E-state index in [0.717, 1.165) is 16.9 Å². The van der Waals surface area contributed by atoms with Gasteiger partial charge in [-0.3, -0.25) is 0 Å². The fourth-order valence-electron chi connectivity index (χ4n) is 6.66. The molecule has 0 aliphatic heterocycles. The lowest BCUT2D eigenvalue weighted by atomic mass is 9.41. The molecule has 2 unspecified atom stereocenters. The Labute approximate surface area is 146 Å². The predicted molar refractivity (Wildman–Crippen MR) is 98.0 cm³/mol. The second-order valence-corrected chi connectivity index (χ2v) is 9.59. The number of halogens is 1. The molecule has 0 saturated heterocycles. The van der Waals surface area contributed by atoms with Crippen molar-refractivity contribution in [3.63, 3.8) is 0 Å². The molecule has 0 radical (unpaired) electrons. The van der Waals surface area contributed by atoms with Crippen LogP contribution in [0.1, 0.15) is 64.9 Å². The van der Waals surface area contributed by atoms with Crippen LogP contribution in [0.15, 0.2) is 24.3 Å². The summed E-state index contributed by atoms with van der Waals surface area (Å²) in [6.07, 6.45) is 8.54. The van der Waals surface area contributed by atoms with Gasteiger partial charge in [-0.05, 0) is 85.8 Å². The summed E-state index contributed by atoms with van der Waals surface area (Å²) in [5.74, 6) is 1.87. The Morgan fingerprint density at radius 2 is 1.61 bits per heavy atom. The summed E-state index contributed by atoms with van der Waals surface area (Å²) in [5.41, 5.74) is 2.48. The van der Waals surface area contributed by atoms with Crippen LogP contribution in [0.3, 0.4) is 0 Å². The first-order valence-corrected chi connectivity index (χ1v) is 9.81. The smallest absolute Gasteiger partial charge is 0.0406 e. The van der Waals surface area contributed by atoms with Crippen molar-refractivity contribution in [2.24, 2.45) is 17.3 Å². The van der Waals surface area contributed by atoms with E-state index in [1.54, 1.807) is 5.56 Å². The van der Waals surface area contributed by atoms with Crippen LogP contribution in [0.25, 0.3) is 0 Å². The van der Waals surface area contributed by atoms with Crippen molar-refractivity contribution in [1.29, 1.82) is 0 Å². The van der Waals surface area contributed by atoms with E-state index in [1.165, 1.54) is 38.5 Å².